The summed E-state index contributed by atoms with van der Waals surface area (Å²) >= 11 is 0. The molecule has 0 saturated carbocycles. The fraction of sp³-hybridized carbons (Fsp3) is 0.676. The van der Waals surface area contributed by atoms with Crippen molar-refractivity contribution in [3.63, 3.8) is 0 Å². The zero-order valence-electron chi connectivity index (χ0n) is 30.6. The highest BCUT2D eigenvalue weighted by molar-refractivity contribution is 7.52. The molecule has 3 heterocycles. The number of aromatic nitrogens is 5. The van der Waals surface area contributed by atoms with Crippen LogP contribution in [-0.2, 0) is 15.8 Å². The first-order valence-corrected chi connectivity index (χ1v) is 20.2. The molecule has 11 nitrogen and oxygen atoms in total. The van der Waals surface area contributed by atoms with Gasteiger partial charge in [0.25, 0.3) is 0 Å². The van der Waals surface area contributed by atoms with Crippen LogP contribution in [0.3, 0.4) is 0 Å². The average Bonchev–Trinajstić information content (AvgIpc) is 3.46. The van der Waals surface area contributed by atoms with Crippen molar-refractivity contribution in [1.82, 2.24) is 19.5 Å². The third kappa shape index (κ3) is 14.9. The minimum Gasteiger partial charge on any atom is -0.381 e. The van der Waals surface area contributed by atoms with Crippen molar-refractivity contribution >= 4 is 30.4 Å². The van der Waals surface area contributed by atoms with Gasteiger partial charge in [-0.1, -0.05) is 102 Å². The van der Waals surface area contributed by atoms with E-state index in [-0.39, 0.29) is 12.4 Å². The van der Waals surface area contributed by atoms with Crippen molar-refractivity contribution in [2.75, 3.05) is 37.9 Å². The zero-order valence-corrected chi connectivity index (χ0v) is 31.5. The van der Waals surface area contributed by atoms with Gasteiger partial charge in [-0.05, 0) is 32.6 Å². The molecular weight excluding hydrogens is 637 g/mol. The molecule has 0 amide bonds. The molecule has 0 bridgehead atoms. The van der Waals surface area contributed by atoms with E-state index in [1.54, 1.807) is 6.33 Å². The lowest BCUT2D eigenvalue weighted by atomic mass is 10.0. The van der Waals surface area contributed by atoms with Crippen LogP contribution in [0.1, 0.15) is 123 Å². The lowest BCUT2D eigenvalue weighted by Crippen LogP contribution is -2.32. The number of hydrogen-bond donors (Lipinski definition) is 3. The lowest BCUT2D eigenvalue weighted by Gasteiger charge is -2.17. The second-order valence-corrected chi connectivity index (χ2v) is 15.6. The molecule has 3 aromatic heterocycles. The maximum absolute atomic E-state index is 12.3. The third-order valence-corrected chi connectivity index (χ3v) is 10.6. The largest absolute Gasteiger partial charge is 0.381 e. The van der Waals surface area contributed by atoms with E-state index in [4.69, 9.17) is 10.5 Å². The zero-order chi connectivity index (χ0) is 35.5. The van der Waals surface area contributed by atoms with Crippen molar-refractivity contribution in [3.8, 4) is 5.82 Å². The summed E-state index contributed by atoms with van der Waals surface area (Å²) < 4.78 is 21.8. The molecule has 1 unspecified atom stereocenters. The summed E-state index contributed by atoms with van der Waals surface area (Å²) in [5.74, 6) is 0.726. The molecule has 0 saturated heterocycles. The first-order valence-electron chi connectivity index (χ1n) is 18.6. The number of nitrogen functional groups attached to an aromatic ring is 1. The highest BCUT2D eigenvalue weighted by Gasteiger charge is 2.27. The fourth-order valence-electron chi connectivity index (χ4n) is 6.11. The minimum absolute atomic E-state index is 0.142. The van der Waals surface area contributed by atoms with E-state index in [0.29, 0.717) is 49.6 Å². The molecule has 0 aliphatic rings. The molecule has 274 valence electrons. The molecule has 0 spiro atoms. The molecule has 1 atom stereocenters. The van der Waals surface area contributed by atoms with E-state index in [1.807, 2.05) is 65.7 Å². The van der Waals surface area contributed by atoms with Gasteiger partial charge in [-0.25, -0.2) is 9.55 Å². The average molecular weight is 701 g/mol. The monoisotopic (exact) mass is 700 g/mol. The van der Waals surface area contributed by atoms with Gasteiger partial charge in [-0.2, -0.15) is 4.98 Å². The van der Waals surface area contributed by atoms with E-state index in [1.165, 1.54) is 83.5 Å². The number of nitrogens with two attached hydrogens (primary N) is 1. The molecule has 0 aromatic carbocycles. The normalized spacial score (nSPS) is 13.0. The minimum atomic E-state index is -4.25. The first kappa shape index (κ1) is 40.6. The van der Waals surface area contributed by atoms with Crippen LogP contribution in [0.2, 0.25) is 0 Å². The SMILES string of the molecule is CCCCCCCCCCCCCCCCOCCCC(CC=C(C)Cn1cnc2c(-[n+]3ccc(N(C)C)cc3)nc(N)nc21)P(=O)(O)O. The maximum atomic E-state index is 12.3. The van der Waals surface area contributed by atoms with Crippen LogP contribution in [0, 0.1) is 0 Å². The van der Waals surface area contributed by atoms with Gasteiger partial charge in [0.15, 0.2) is 5.65 Å². The summed E-state index contributed by atoms with van der Waals surface area (Å²) in [6, 6.07) is 3.97. The van der Waals surface area contributed by atoms with Gasteiger partial charge in [-0.3, -0.25) is 4.57 Å². The number of anilines is 2. The van der Waals surface area contributed by atoms with Crippen molar-refractivity contribution in [1.29, 1.82) is 0 Å². The first-order chi connectivity index (χ1) is 23.6. The van der Waals surface area contributed by atoms with Gasteiger partial charge >= 0.3 is 19.4 Å². The van der Waals surface area contributed by atoms with Crippen LogP contribution < -0.4 is 15.2 Å². The fourth-order valence-corrected chi connectivity index (χ4v) is 7.01. The number of unbranched alkanes of at least 4 members (excludes halogenated alkanes) is 13. The Labute approximate surface area is 294 Å². The van der Waals surface area contributed by atoms with Gasteiger partial charge in [0.05, 0.1) is 24.4 Å². The number of pyridine rings is 1. The van der Waals surface area contributed by atoms with E-state index in [2.05, 4.69) is 21.9 Å². The molecule has 4 N–H and O–H groups in total. The predicted octanol–water partition coefficient (Wildman–Crippen LogP) is 7.91. The Morgan fingerprint density at radius 3 is 2.08 bits per heavy atom. The number of rotatable bonds is 26. The van der Waals surface area contributed by atoms with Crippen molar-refractivity contribution in [2.24, 2.45) is 0 Å². The quantitative estimate of drug-likeness (QED) is 0.0329. The second-order valence-electron chi connectivity index (χ2n) is 13.7. The van der Waals surface area contributed by atoms with E-state index >= 15 is 0 Å². The second kappa shape index (κ2) is 22.1. The van der Waals surface area contributed by atoms with Crippen LogP contribution >= 0.6 is 7.60 Å². The summed E-state index contributed by atoms with van der Waals surface area (Å²) in [5, 5.41) is 0. The molecule has 49 heavy (non-hydrogen) atoms. The maximum Gasteiger partial charge on any atom is 0.361 e. The molecule has 0 aliphatic carbocycles. The van der Waals surface area contributed by atoms with Crippen molar-refractivity contribution in [2.45, 2.75) is 135 Å². The summed E-state index contributed by atoms with van der Waals surface area (Å²) in [4.78, 5) is 35.6. The van der Waals surface area contributed by atoms with E-state index in [9.17, 15) is 14.4 Å². The molecule has 12 heteroatoms. The highest BCUT2D eigenvalue weighted by atomic mass is 31.2. The molecule has 0 aliphatic heterocycles. The topological polar surface area (TPSA) is 144 Å². The summed E-state index contributed by atoms with van der Waals surface area (Å²) in [6.45, 7) is 5.92. The van der Waals surface area contributed by atoms with Crippen LogP contribution in [-0.4, -0.2) is 62.3 Å². The Bertz CT molecular complexity index is 1440. The van der Waals surface area contributed by atoms with Crippen molar-refractivity contribution in [3.05, 3.63) is 42.5 Å². The van der Waals surface area contributed by atoms with Crippen LogP contribution in [0.25, 0.3) is 17.0 Å². The van der Waals surface area contributed by atoms with Crippen LogP contribution in [0.4, 0.5) is 11.6 Å². The van der Waals surface area contributed by atoms with Crippen LogP contribution in [0.15, 0.2) is 42.5 Å². The Kier molecular flexibility index (Phi) is 18.3. The molecule has 3 aromatic rings. The number of allylic oxidation sites excluding steroid dienone is 2. The molecular formula is C37H63N7O4P+. The summed E-state index contributed by atoms with van der Waals surface area (Å²) in [5.41, 5.74) is 8.58. The summed E-state index contributed by atoms with van der Waals surface area (Å²) in [6.07, 6.45) is 27.3. The lowest BCUT2D eigenvalue weighted by molar-refractivity contribution is -0.598. The standard InChI is InChI=1S/C37H62N7O4P/c1-5-6-7-8-9-10-11-12-13-14-15-16-17-18-27-48-28-19-20-33(49(45,46)47)22-21-31(2)29-44-30-39-34-35(40-37(38)41-36(34)44)43-25-23-32(24-26-43)42(3)4/h21,23-26,30,33H,5-20,22,27-29H2,1-4H3,(H3-,38,40,41,45,46,47)/p+1. The van der Waals surface area contributed by atoms with Gasteiger partial charge in [-0.15, -0.1) is 0 Å². The third-order valence-electron chi connectivity index (χ3n) is 9.14. The highest BCUT2D eigenvalue weighted by Crippen LogP contribution is 2.45. The Hall–Kier alpha value is -2.85. The Morgan fingerprint density at radius 2 is 1.51 bits per heavy atom. The number of ether oxygens (including phenoxy) is 1. The predicted molar refractivity (Wildman–Crippen MR) is 200 cm³/mol. The van der Waals surface area contributed by atoms with E-state index < -0.39 is 13.3 Å². The Morgan fingerprint density at radius 1 is 0.939 bits per heavy atom. The van der Waals surface area contributed by atoms with Crippen molar-refractivity contribution < 1.29 is 23.7 Å². The van der Waals surface area contributed by atoms with Crippen LogP contribution in [0.5, 0.6) is 0 Å². The van der Waals surface area contributed by atoms with Gasteiger partial charge in [0.1, 0.15) is 0 Å². The van der Waals surface area contributed by atoms with E-state index in [0.717, 1.165) is 17.7 Å². The van der Waals surface area contributed by atoms with Gasteiger partial charge < -0.3 is 29.7 Å². The van der Waals surface area contributed by atoms with Gasteiger partial charge in [0.2, 0.25) is 5.52 Å². The van der Waals surface area contributed by atoms with Gasteiger partial charge in [0, 0.05) is 56.7 Å². The number of imidazole rings is 1. The Balaban J connectivity index is 1.35. The summed E-state index contributed by atoms with van der Waals surface area (Å²) in [7, 11) is -0.287. The number of nitrogens with zero attached hydrogens (tertiary/aromatic N) is 6. The molecule has 0 fully saturated rings. The molecule has 3 rings (SSSR count). The smallest absolute Gasteiger partial charge is 0.361 e. The number of fused-ring (bicyclic) bond motifs is 1. The molecule has 0 radical (unpaired) electrons. The number of hydrogen-bond acceptors (Lipinski definition) is 7.